The first kappa shape index (κ1) is 11.0. The summed E-state index contributed by atoms with van der Waals surface area (Å²) < 4.78 is 0. The highest BCUT2D eigenvalue weighted by Gasteiger charge is 2.11. The van der Waals surface area contributed by atoms with Crippen LogP contribution in [0, 0.1) is 12.3 Å². The first-order valence-corrected chi connectivity index (χ1v) is 5.17. The minimum atomic E-state index is -0.143. The molecular weight excluding hydrogens is 274 g/mol. The highest BCUT2D eigenvalue weighted by molar-refractivity contribution is 9.10. The van der Waals surface area contributed by atoms with Gasteiger partial charge in [0.05, 0.1) is 11.4 Å². The first-order valence-electron chi connectivity index (χ1n) is 3.13. The maximum Gasteiger partial charge on any atom is 0.234 e. The molecule has 11 heavy (non-hydrogen) atoms. The molecule has 0 radical (unpaired) electrons. The summed E-state index contributed by atoms with van der Waals surface area (Å²) in [7, 11) is 0. The topological polar surface area (TPSA) is 29.1 Å². The van der Waals surface area contributed by atoms with Crippen LogP contribution < -0.4 is 5.32 Å². The monoisotopic (exact) mass is 281 g/mol. The summed E-state index contributed by atoms with van der Waals surface area (Å²) in [6, 6.07) is 0. The van der Waals surface area contributed by atoms with Crippen molar-refractivity contribution in [1.82, 2.24) is 5.32 Å². The van der Waals surface area contributed by atoms with Gasteiger partial charge in [0, 0.05) is 5.33 Å². The molecule has 0 aliphatic heterocycles. The van der Waals surface area contributed by atoms with Gasteiger partial charge in [-0.25, -0.2) is 0 Å². The Hall–Kier alpha value is -0.0100. The zero-order valence-corrected chi connectivity index (χ0v) is 9.11. The average Bonchev–Trinajstić information content (AvgIpc) is 2.00. The van der Waals surface area contributed by atoms with Crippen LogP contribution in [0.5, 0.6) is 0 Å². The molecule has 0 aliphatic carbocycles. The Morgan fingerprint density at radius 3 is 2.82 bits per heavy atom. The lowest BCUT2D eigenvalue weighted by Gasteiger charge is -2.05. The van der Waals surface area contributed by atoms with E-state index < -0.39 is 0 Å². The lowest BCUT2D eigenvalue weighted by atomic mass is 10.3. The summed E-state index contributed by atoms with van der Waals surface area (Å²) in [6.45, 7) is 0.295. The Balaban J connectivity index is 3.57. The number of amides is 1. The quantitative estimate of drug-likeness (QED) is 0.611. The van der Waals surface area contributed by atoms with E-state index in [0.717, 1.165) is 11.8 Å². The Morgan fingerprint density at radius 1 is 1.73 bits per heavy atom. The van der Waals surface area contributed by atoms with Gasteiger partial charge in [0.25, 0.3) is 0 Å². The van der Waals surface area contributed by atoms with E-state index in [0.29, 0.717) is 6.54 Å². The lowest BCUT2D eigenvalue weighted by molar-refractivity contribution is -0.120. The number of rotatable bonds is 4. The lowest BCUT2D eigenvalue weighted by Crippen LogP contribution is -2.31. The third-order valence-electron chi connectivity index (χ3n) is 1.01. The smallest absolute Gasteiger partial charge is 0.234 e. The fourth-order valence-corrected chi connectivity index (χ4v) is 1.94. The van der Waals surface area contributed by atoms with Crippen LogP contribution >= 0.6 is 31.9 Å². The summed E-state index contributed by atoms with van der Waals surface area (Å²) in [5.74, 6) is 2.28. The number of terminal acetylenes is 1. The molecule has 62 valence electrons. The second kappa shape index (κ2) is 6.68. The van der Waals surface area contributed by atoms with Crippen LogP contribution in [-0.4, -0.2) is 22.6 Å². The predicted octanol–water partition coefficient (Wildman–Crippen LogP) is 1.28. The molecule has 0 unspecified atom stereocenters. The van der Waals surface area contributed by atoms with E-state index in [1.54, 1.807) is 0 Å². The molecule has 0 fully saturated rings. The summed E-state index contributed by atoms with van der Waals surface area (Å²) in [5.41, 5.74) is 0. The van der Waals surface area contributed by atoms with Gasteiger partial charge in [0.1, 0.15) is 0 Å². The average molecular weight is 283 g/mol. The van der Waals surface area contributed by atoms with E-state index >= 15 is 0 Å². The number of halogens is 2. The van der Waals surface area contributed by atoms with Gasteiger partial charge in [-0.1, -0.05) is 37.8 Å². The fourth-order valence-electron chi connectivity index (χ4n) is 0.476. The van der Waals surface area contributed by atoms with E-state index in [1.165, 1.54) is 0 Å². The van der Waals surface area contributed by atoms with Crippen molar-refractivity contribution in [3.05, 3.63) is 0 Å². The molecule has 0 saturated heterocycles. The Bertz CT molecular complexity index is 164. The zero-order valence-electron chi connectivity index (χ0n) is 5.94. The van der Waals surface area contributed by atoms with Crippen molar-refractivity contribution >= 4 is 37.8 Å². The van der Waals surface area contributed by atoms with Gasteiger partial charge in [0.15, 0.2) is 0 Å². The highest BCUT2D eigenvalue weighted by atomic mass is 79.9. The van der Waals surface area contributed by atoms with Crippen molar-refractivity contribution in [3.8, 4) is 12.3 Å². The van der Waals surface area contributed by atoms with Crippen molar-refractivity contribution in [2.75, 3.05) is 11.9 Å². The van der Waals surface area contributed by atoms with Crippen LogP contribution in [0.4, 0.5) is 0 Å². The molecule has 1 amide bonds. The fraction of sp³-hybridized carbons (Fsp3) is 0.571. The van der Waals surface area contributed by atoms with Gasteiger partial charge in [-0.05, 0) is 6.42 Å². The second-order valence-electron chi connectivity index (χ2n) is 1.87. The zero-order chi connectivity index (χ0) is 8.69. The molecule has 0 spiro atoms. The van der Waals surface area contributed by atoms with Crippen molar-refractivity contribution in [3.63, 3.8) is 0 Å². The van der Waals surface area contributed by atoms with Gasteiger partial charge in [-0.2, -0.15) is 0 Å². The molecule has 1 N–H and O–H groups in total. The number of carbonyl (C=O) groups is 1. The molecule has 0 bridgehead atoms. The largest absolute Gasteiger partial charge is 0.344 e. The van der Waals surface area contributed by atoms with Gasteiger partial charge in [0.2, 0.25) is 5.91 Å². The summed E-state index contributed by atoms with van der Waals surface area (Å²) >= 11 is 6.46. The van der Waals surface area contributed by atoms with Crippen LogP contribution in [-0.2, 0) is 4.79 Å². The molecule has 0 heterocycles. The molecule has 1 atom stereocenters. The maximum absolute atomic E-state index is 11.0. The van der Waals surface area contributed by atoms with Gasteiger partial charge < -0.3 is 5.32 Å². The van der Waals surface area contributed by atoms with Crippen molar-refractivity contribution < 1.29 is 4.79 Å². The number of carbonyl (C=O) groups excluding carboxylic acids is 1. The van der Waals surface area contributed by atoms with Crippen LogP contribution in [0.2, 0.25) is 0 Å². The van der Waals surface area contributed by atoms with Crippen LogP contribution in [0.1, 0.15) is 6.42 Å². The molecule has 0 aromatic heterocycles. The normalized spacial score (nSPS) is 11.7. The van der Waals surface area contributed by atoms with E-state index in [9.17, 15) is 4.79 Å². The Labute approximate surface area is 83.4 Å². The number of nitrogens with one attached hydrogen (secondary N) is 1. The summed E-state index contributed by atoms with van der Waals surface area (Å²) in [6.07, 6.45) is 5.72. The molecule has 0 rings (SSSR count). The maximum atomic E-state index is 11.0. The van der Waals surface area contributed by atoms with Gasteiger partial charge >= 0.3 is 0 Å². The number of hydrogen-bond donors (Lipinski definition) is 1. The van der Waals surface area contributed by atoms with Crippen LogP contribution in [0.25, 0.3) is 0 Å². The second-order valence-corrected chi connectivity index (χ2v) is 3.77. The van der Waals surface area contributed by atoms with Crippen LogP contribution in [0.3, 0.4) is 0 Å². The summed E-state index contributed by atoms with van der Waals surface area (Å²) in [5, 5.41) is 3.37. The molecule has 0 saturated carbocycles. The van der Waals surface area contributed by atoms with E-state index in [4.69, 9.17) is 6.42 Å². The third-order valence-corrected chi connectivity index (χ3v) is 2.34. The van der Waals surface area contributed by atoms with Crippen molar-refractivity contribution in [2.24, 2.45) is 0 Å². The van der Waals surface area contributed by atoms with Crippen molar-refractivity contribution in [1.29, 1.82) is 0 Å². The Kier molecular flexibility index (Phi) is 6.68. The van der Waals surface area contributed by atoms with E-state index in [2.05, 4.69) is 43.1 Å². The molecule has 0 aromatic rings. The minimum absolute atomic E-state index is 0.0533. The number of alkyl halides is 2. The van der Waals surface area contributed by atoms with Crippen molar-refractivity contribution in [2.45, 2.75) is 11.2 Å². The summed E-state index contributed by atoms with van der Waals surface area (Å²) in [4.78, 5) is 10.9. The Morgan fingerprint density at radius 2 is 2.36 bits per heavy atom. The molecular formula is C7H9Br2NO. The predicted molar refractivity (Wildman–Crippen MR) is 53.0 cm³/mol. The molecule has 4 heteroatoms. The van der Waals surface area contributed by atoms with Gasteiger partial charge in [-0.15, -0.1) is 6.42 Å². The molecule has 2 nitrogen and oxygen atoms in total. The van der Waals surface area contributed by atoms with E-state index in [-0.39, 0.29) is 10.7 Å². The molecule has 0 aromatic carbocycles. The SMILES string of the molecule is C#CCNC(=O)[C@H](Br)CCBr. The van der Waals surface area contributed by atoms with E-state index in [1.807, 2.05) is 0 Å². The first-order chi connectivity index (χ1) is 5.22. The van der Waals surface area contributed by atoms with Gasteiger partial charge in [-0.3, -0.25) is 4.79 Å². The molecule has 0 aliphatic rings. The minimum Gasteiger partial charge on any atom is -0.344 e. The van der Waals surface area contributed by atoms with Crippen LogP contribution in [0.15, 0.2) is 0 Å². The standard InChI is InChI=1S/C7H9Br2NO/c1-2-5-10-7(11)6(9)3-4-8/h1,6H,3-5H2,(H,10,11)/t6-/m1/s1. The third kappa shape index (κ3) is 5.28. The number of hydrogen-bond acceptors (Lipinski definition) is 1. The highest BCUT2D eigenvalue weighted by Crippen LogP contribution is 2.06.